The summed E-state index contributed by atoms with van der Waals surface area (Å²) in [4.78, 5) is 34.7. The second-order valence-corrected chi connectivity index (χ2v) is 5.55. The first-order valence-electron chi connectivity index (χ1n) is 8.04. The molecule has 0 saturated heterocycles. The first kappa shape index (κ1) is 18.0. The van der Waals surface area contributed by atoms with Crippen molar-refractivity contribution in [2.45, 2.75) is 0 Å². The zero-order valence-electron chi connectivity index (χ0n) is 14.4. The van der Waals surface area contributed by atoms with Crippen LogP contribution in [0.25, 0.3) is 11.0 Å². The number of nitrogens with one attached hydrogen (secondary N) is 3. The fourth-order valence-electron chi connectivity index (χ4n) is 2.48. The van der Waals surface area contributed by atoms with Gasteiger partial charge in [0.15, 0.2) is 6.29 Å². The lowest BCUT2D eigenvalue weighted by Crippen LogP contribution is -2.14. The molecule has 27 heavy (non-hydrogen) atoms. The van der Waals surface area contributed by atoms with Gasteiger partial charge in [-0.1, -0.05) is 0 Å². The lowest BCUT2D eigenvalue weighted by molar-refractivity contribution is 0.102. The highest BCUT2D eigenvalue weighted by Gasteiger charge is 2.15. The number of nitriles is 1. The predicted molar refractivity (Wildman–Crippen MR) is 98.8 cm³/mol. The maximum absolute atomic E-state index is 12.6. The third-order valence-electron chi connectivity index (χ3n) is 3.80. The van der Waals surface area contributed by atoms with E-state index in [-0.39, 0.29) is 17.1 Å². The van der Waals surface area contributed by atoms with Gasteiger partial charge in [0.2, 0.25) is 0 Å². The molecule has 0 fully saturated rings. The summed E-state index contributed by atoms with van der Waals surface area (Å²) < 4.78 is 4.97. The Bertz CT molecular complexity index is 1040. The standard InChI is InChI=1S/C18H16N6O3/c1-27-5-4-20-15-6-16(22-8-11(15)7-19)24-18(26)13-9-21-14-3-2-12(10-25)23-17(13)14/h2-3,6,8-10,21H,4-5H2,1H3,(H2,20,22,24,26). The number of H-pyrrole nitrogens is 1. The molecule has 3 N–H and O–H groups in total. The van der Waals surface area contributed by atoms with Crippen LogP contribution in [0.2, 0.25) is 0 Å². The Morgan fingerprint density at radius 1 is 1.44 bits per heavy atom. The molecule has 0 atom stereocenters. The Balaban J connectivity index is 1.84. The molecule has 3 rings (SSSR count). The number of amides is 1. The van der Waals surface area contributed by atoms with E-state index in [1.165, 1.54) is 12.4 Å². The Labute approximate surface area is 154 Å². The number of ether oxygens (including phenoxy) is 1. The van der Waals surface area contributed by atoms with Crippen molar-refractivity contribution < 1.29 is 14.3 Å². The fourth-order valence-corrected chi connectivity index (χ4v) is 2.48. The summed E-state index contributed by atoms with van der Waals surface area (Å²) in [7, 11) is 1.58. The lowest BCUT2D eigenvalue weighted by Gasteiger charge is -2.10. The summed E-state index contributed by atoms with van der Waals surface area (Å²) in [5, 5.41) is 14.9. The van der Waals surface area contributed by atoms with Crippen LogP contribution in [0.5, 0.6) is 0 Å². The number of rotatable bonds is 7. The van der Waals surface area contributed by atoms with Crippen molar-refractivity contribution in [1.82, 2.24) is 15.0 Å². The van der Waals surface area contributed by atoms with Crippen LogP contribution >= 0.6 is 0 Å². The van der Waals surface area contributed by atoms with Crippen LogP contribution in [0, 0.1) is 11.3 Å². The van der Waals surface area contributed by atoms with Gasteiger partial charge in [0.05, 0.1) is 28.9 Å². The number of fused-ring (bicyclic) bond motifs is 1. The molecule has 9 heteroatoms. The molecular formula is C18H16N6O3. The molecule has 0 saturated carbocycles. The second-order valence-electron chi connectivity index (χ2n) is 5.55. The second kappa shape index (κ2) is 8.07. The number of aldehydes is 1. The summed E-state index contributed by atoms with van der Waals surface area (Å²) >= 11 is 0. The van der Waals surface area contributed by atoms with Gasteiger partial charge in [0, 0.05) is 32.1 Å². The summed E-state index contributed by atoms with van der Waals surface area (Å²) in [5.41, 5.74) is 2.45. The molecule has 0 bridgehead atoms. The predicted octanol–water partition coefficient (Wildman–Crippen LogP) is 1.95. The molecule has 0 unspecified atom stereocenters. The molecule has 0 aromatic carbocycles. The van der Waals surface area contributed by atoms with E-state index in [1.807, 2.05) is 6.07 Å². The molecule has 0 aliphatic carbocycles. The van der Waals surface area contributed by atoms with Gasteiger partial charge < -0.3 is 20.4 Å². The number of aromatic amines is 1. The van der Waals surface area contributed by atoms with Crippen LogP contribution in [0.3, 0.4) is 0 Å². The van der Waals surface area contributed by atoms with Gasteiger partial charge in [0.1, 0.15) is 23.1 Å². The number of nitrogens with zero attached hydrogens (tertiary/aromatic N) is 3. The summed E-state index contributed by atoms with van der Waals surface area (Å²) in [5.74, 6) is -0.156. The first-order valence-corrected chi connectivity index (χ1v) is 8.04. The van der Waals surface area contributed by atoms with Crippen molar-refractivity contribution in [3.8, 4) is 6.07 Å². The third-order valence-corrected chi connectivity index (χ3v) is 3.80. The first-order chi connectivity index (χ1) is 13.2. The van der Waals surface area contributed by atoms with Crippen molar-refractivity contribution in [2.24, 2.45) is 0 Å². The zero-order valence-corrected chi connectivity index (χ0v) is 14.4. The quantitative estimate of drug-likeness (QED) is 0.431. The normalized spacial score (nSPS) is 10.4. The van der Waals surface area contributed by atoms with Gasteiger partial charge >= 0.3 is 0 Å². The smallest absolute Gasteiger partial charge is 0.260 e. The van der Waals surface area contributed by atoms with E-state index in [4.69, 9.17) is 4.74 Å². The summed E-state index contributed by atoms with van der Waals surface area (Å²) in [6, 6.07) is 6.86. The number of carbonyl (C=O) groups excluding carboxylic acids is 2. The van der Waals surface area contributed by atoms with Crippen molar-refractivity contribution in [3.63, 3.8) is 0 Å². The minimum atomic E-state index is -0.433. The van der Waals surface area contributed by atoms with Gasteiger partial charge in [-0.2, -0.15) is 5.26 Å². The van der Waals surface area contributed by atoms with E-state index < -0.39 is 5.91 Å². The van der Waals surface area contributed by atoms with Crippen LogP contribution < -0.4 is 10.6 Å². The molecule has 1 amide bonds. The Kier molecular flexibility index (Phi) is 5.39. The maximum atomic E-state index is 12.6. The number of methoxy groups -OCH3 is 1. The molecule has 3 aromatic rings. The SMILES string of the molecule is COCCNc1cc(NC(=O)c2c[nH]c3ccc(C=O)nc23)ncc1C#N. The highest BCUT2D eigenvalue weighted by atomic mass is 16.5. The van der Waals surface area contributed by atoms with Gasteiger partial charge in [-0.3, -0.25) is 9.59 Å². The van der Waals surface area contributed by atoms with Gasteiger partial charge in [0.25, 0.3) is 5.91 Å². The largest absolute Gasteiger partial charge is 0.383 e. The number of hydrogen-bond donors (Lipinski definition) is 3. The van der Waals surface area contributed by atoms with Crippen LogP contribution in [0.15, 0.2) is 30.6 Å². The highest BCUT2D eigenvalue weighted by molar-refractivity contribution is 6.11. The van der Waals surface area contributed by atoms with Gasteiger partial charge in [-0.15, -0.1) is 0 Å². The minimum Gasteiger partial charge on any atom is -0.383 e. The number of hydrogen-bond acceptors (Lipinski definition) is 7. The number of carbonyl (C=O) groups is 2. The number of aromatic nitrogens is 3. The molecule has 3 heterocycles. The number of anilines is 2. The molecule has 0 spiro atoms. The van der Waals surface area contributed by atoms with Crippen LogP contribution in [0.4, 0.5) is 11.5 Å². The molecule has 0 aliphatic rings. The molecule has 9 nitrogen and oxygen atoms in total. The summed E-state index contributed by atoms with van der Waals surface area (Å²) in [6.45, 7) is 0.971. The van der Waals surface area contributed by atoms with Crippen LogP contribution in [-0.2, 0) is 4.74 Å². The van der Waals surface area contributed by atoms with Gasteiger partial charge in [-0.05, 0) is 12.1 Å². The molecule has 136 valence electrons. The Morgan fingerprint density at radius 3 is 3.04 bits per heavy atom. The fraction of sp³-hybridized carbons (Fsp3) is 0.167. The minimum absolute atomic E-state index is 0.234. The van der Waals surface area contributed by atoms with Crippen LogP contribution in [-0.4, -0.2) is 47.4 Å². The van der Waals surface area contributed by atoms with Crippen LogP contribution in [0.1, 0.15) is 26.4 Å². The van der Waals surface area contributed by atoms with Crippen molar-refractivity contribution in [1.29, 1.82) is 5.26 Å². The van der Waals surface area contributed by atoms with Crippen molar-refractivity contribution in [3.05, 3.63) is 47.4 Å². The van der Waals surface area contributed by atoms with E-state index in [0.717, 1.165) is 0 Å². The lowest BCUT2D eigenvalue weighted by atomic mass is 10.2. The highest BCUT2D eigenvalue weighted by Crippen LogP contribution is 2.20. The van der Waals surface area contributed by atoms with E-state index in [1.54, 1.807) is 25.3 Å². The van der Waals surface area contributed by atoms with Crippen molar-refractivity contribution >= 4 is 34.7 Å². The van der Waals surface area contributed by atoms with E-state index in [0.29, 0.717) is 41.7 Å². The average Bonchev–Trinajstić information content (AvgIpc) is 3.11. The third kappa shape index (κ3) is 3.91. The summed E-state index contributed by atoms with van der Waals surface area (Å²) in [6.07, 6.45) is 3.51. The van der Waals surface area contributed by atoms with Crippen molar-refractivity contribution in [2.75, 3.05) is 30.9 Å². The Hall–Kier alpha value is -3.77. The van der Waals surface area contributed by atoms with Gasteiger partial charge in [-0.25, -0.2) is 9.97 Å². The zero-order chi connectivity index (χ0) is 19.2. The topological polar surface area (TPSA) is 133 Å². The average molecular weight is 364 g/mol. The molecule has 3 aromatic heterocycles. The Morgan fingerprint density at radius 2 is 2.30 bits per heavy atom. The monoisotopic (exact) mass is 364 g/mol. The van der Waals surface area contributed by atoms with E-state index in [9.17, 15) is 14.9 Å². The maximum Gasteiger partial charge on any atom is 0.260 e. The van der Waals surface area contributed by atoms with E-state index >= 15 is 0 Å². The molecule has 0 radical (unpaired) electrons. The molecule has 0 aliphatic heterocycles. The van der Waals surface area contributed by atoms with E-state index in [2.05, 4.69) is 25.6 Å². The molecular weight excluding hydrogens is 348 g/mol. The number of pyridine rings is 2.